The lowest BCUT2D eigenvalue weighted by Crippen LogP contribution is -2.25. The Hall–Kier alpha value is -1.36. The van der Waals surface area contributed by atoms with E-state index in [1.54, 1.807) is 0 Å². The molecule has 0 aliphatic carbocycles. The average molecular weight is 222 g/mol. The molecule has 0 radical (unpaired) electrons. The number of hydrogen-bond acceptors (Lipinski definition) is 3. The van der Waals surface area contributed by atoms with Gasteiger partial charge in [0.15, 0.2) is 0 Å². The van der Waals surface area contributed by atoms with Crippen LogP contribution in [0.25, 0.3) is 0 Å². The van der Waals surface area contributed by atoms with Crippen LogP contribution in [0.15, 0.2) is 6.20 Å². The zero-order chi connectivity index (χ0) is 11.7. The molecule has 5 nitrogen and oxygen atoms in total. The lowest BCUT2D eigenvalue weighted by Gasteiger charge is -2.15. The highest BCUT2D eigenvalue weighted by Gasteiger charge is 2.28. The van der Waals surface area contributed by atoms with Gasteiger partial charge in [-0.2, -0.15) is 5.10 Å². The van der Waals surface area contributed by atoms with Gasteiger partial charge in [0.05, 0.1) is 6.20 Å². The summed E-state index contributed by atoms with van der Waals surface area (Å²) in [6, 6.07) is 0. The topological polar surface area (TPSA) is 64.2 Å². The molecule has 0 spiro atoms. The zero-order valence-electron chi connectivity index (χ0n) is 9.81. The first-order valence-corrected chi connectivity index (χ1v) is 5.57. The molecule has 5 heteroatoms. The Morgan fingerprint density at radius 3 is 2.88 bits per heavy atom. The quantitative estimate of drug-likeness (QED) is 0.785. The molecule has 16 heavy (non-hydrogen) atoms. The van der Waals surface area contributed by atoms with E-state index in [1.807, 2.05) is 29.7 Å². The van der Waals surface area contributed by atoms with Gasteiger partial charge in [-0.15, -0.1) is 0 Å². The molecule has 1 amide bonds. The summed E-state index contributed by atoms with van der Waals surface area (Å²) in [5.41, 5.74) is 7.82. The van der Waals surface area contributed by atoms with Crippen molar-refractivity contribution < 1.29 is 4.79 Å². The van der Waals surface area contributed by atoms with Crippen molar-refractivity contribution in [3.8, 4) is 0 Å². The number of nitrogens with two attached hydrogens (primary N) is 1. The number of aryl methyl sites for hydroxylation is 1. The van der Waals surface area contributed by atoms with Crippen LogP contribution >= 0.6 is 0 Å². The third-order valence-corrected chi connectivity index (χ3v) is 3.33. The van der Waals surface area contributed by atoms with Gasteiger partial charge in [0.1, 0.15) is 0 Å². The van der Waals surface area contributed by atoms with E-state index < -0.39 is 0 Å². The van der Waals surface area contributed by atoms with Crippen molar-refractivity contribution in [1.82, 2.24) is 14.7 Å². The summed E-state index contributed by atoms with van der Waals surface area (Å²) in [6.07, 6.45) is 2.42. The molecule has 2 N–H and O–H groups in total. The minimum atomic E-state index is 0.207. The van der Waals surface area contributed by atoms with Gasteiger partial charge in [-0.05, 0) is 19.4 Å². The molecule has 88 valence electrons. The first-order chi connectivity index (χ1) is 7.61. The molecular formula is C11H18N4O. The molecule has 1 fully saturated rings. The van der Waals surface area contributed by atoms with E-state index in [9.17, 15) is 4.79 Å². The Morgan fingerprint density at radius 1 is 1.62 bits per heavy atom. The average Bonchev–Trinajstić information content (AvgIpc) is 2.77. The molecule has 1 unspecified atom stereocenters. The Kier molecular flexibility index (Phi) is 2.96. The maximum atomic E-state index is 11.7. The smallest absolute Gasteiger partial charge is 0.223 e. The minimum absolute atomic E-state index is 0.207. The van der Waals surface area contributed by atoms with E-state index in [-0.39, 0.29) is 5.91 Å². The lowest BCUT2D eigenvalue weighted by atomic mass is 10.1. The Balaban J connectivity index is 2.05. The predicted molar refractivity (Wildman–Crippen MR) is 60.5 cm³/mol. The van der Waals surface area contributed by atoms with E-state index in [0.717, 1.165) is 17.8 Å². The number of hydrogen-bond donors (Lipinski definition) is 1. The normalized spacial score (nSPS) is 20.8. The fourth-order valence-corrected chi connectivity index (χ4v) is 2.07. The summed E-state index contributed by atoms with van der Waals surface area (Å²) < 4.78 is 1.83. The third kappa shape index (κ3) is 1.95. The second-order valence-electron chi connectivity index (χ2n) is 4.46. The molecule has 0 bridgehead atoms. The van der Waals surface area contributed by atoms with Crippen LogP contribution < -0.4 is 5.73 Å². The van der Waals surface area contributed by atoms with Gasteiger partial charge < -0.3 is 10.6 Å². The molecule has 1 atom stereocenters. The Bertz CT molecular complexity index is 399. The Labute approximate surface area is 95.2 Å². The summed E-state index contributed by atoms with van der Waals surface area (Å²) in [4.78, 5) is 13.6. The molecule has 0 aromatic carbocycles. The summed E-state index contributed by atoms with van der Waals surface area (Å²) in [5.74, 6) is 0.531. The van der Waals surface area contributed by atoms with Crippen molar-refractivity contribution in [2.45, 2.75) is 19.9 Å². The van der Waals surface area contributed by atoms with Crippen molar-refractivity contribution in [3.63, 3.8) is 0 Å². The van der Waals surface area contributed by atoms with Crippen LogP contribution in [0.5, 0.6) is 0 Å². The predicted octanol–water partition coefficient (Wildman–Crippen LogP) is 0.0357. The van der Waals surface area contributed by atoms with Gasteiger partial charge in [-0.1, -0.05) is 0 Å². The van der Waals surface area contributed by atoms with Crippen LogP contribution in [0.4, 0.5) is 0 Å². The number of nitrogens with zero attached hydrogens (tertiary/aromatic N) is 3. The highest BCUT2D eigenvalue weighted by Crippen LogP contribution is 2.20. The number of amides is 1. The third-order valence-electron chi connectivity index (χ3n) is 3.33. The summed E-state index contributed by atoms with van der Waals surface area (Å²) in [5, 5.41) is 4.18. The zero-order valence-corrected chi connectivity index (χ0v) is 9.81. The molecule has 1 aromatic rings. The van der Waals surface area contributed by atoms with E-state index in [1.165, 1.54) is 0 Å². The number of carbonyl (C=O) groups excluding carboxylic acids is 1. The van der Waals surface area contributed by atoms with E-state index >= 15 is 0 Å². The molecule has 1 saturated heterocycles. The first-order valence-electron chi connectivity index (χ1n) is 5.57. The SMILES string of the molecule is Cc1c(CN2CC(CN)CC2=O)cnn1C. The number of rotatable bonds is 3. The number of aromatic nitrogens is 2. The maximum absolute atomic E-state index is 11.7. The molecule has 2 rings (SSSR count). The summed E-state index contributed by atoms with van der Waals surface area (Å²) in [7, 11) is 1.91. The standard InChI is InChI=1S/C11H18N4O/c1-8-10(5-13-14(8)2)7-15-6-9(4-12)3-11(15)16/h5,9H,3-4,6-7,12H2,1-2H3. The maximum Gasteiger partial charge on any atom is 0.223 e. The summed E-state index contributed by atoms with van der Waals surface area (Å²) >= 11 is 0. The fourth-order valence-electron chi connectivity index (χ4n) is 2.07. The molecule has 1 aliphatic heterocycles. The summed E-state index contributed by atoms with van der Waals surface area (Å²) in [6.45, 7) is 4.05. The molecule has 2 heterocycles. The van der Waals surface area contributed by atoms with Gasteiger partial charge in [0.2, 0.25) is 5.91 Å². The van der Waals surface area contributed by atoms with Crippen molar-refractivity contribution >= 4 is 5.91 Å². The van der Waals surface area contributed by atoms with Crippen molar-refractivity contribution in [3.05, 3.63) is 17.5 Å². The van der Waals surface area contributed by atoms with Gasteiger partial charge in [-0.3, -0.25) is 9.48 Å². The van der Waals surface area contributed by atoms with Crippen LogP contribution in [0.3, 0.4) is 0 Å². The van der Waals surface area contributed by atoms with E-state index in [4.69, 9.17) is 5.73 Å². The fraction of sp³-hybridized carbons (Fsp3) is 0.636. The minimum Gasteiger partial charge on any atom is -0.338 e. The van der Waals surface area contributed by atoms with E-state index in [2.05, 4.69) is 5.10 Å². The van der Waals surface area contributed by atoms with Crippen LogP contribution in [-0.4, -0.2) is 33.7 Å². The highest BCUT2D eigenvalue weighted by atomic mass is 16.2. The van der Waals surface area contributed by atoms with Gasteiger partial charge in [0, 0.05) is 37.8 Å². The lowest BCUT2D eigenvalue weighted by molar-refractivity contribution is -0.128. The number of likely N-dealkylation sites (tertiary alicyclic amines) is 1. The van der Waals surface area contributed by atoms with Crippen LogP contribution in [0.2, 0.25) is 0 Å². The van der Waals surface area contributed by atoms with Crippen LogP contribution in [-0.2, 0) is 18.4 Å². The molecule has 1 aliphatic rings. The first kappa shape index (κ1) is 11.1. The van der Waals surface area contributed by atoms with Gasteiger partial charge in [-0.25, -0.2) is 0 Å². The molecular weight excluding hydrogens is 204 g/mol. The second kappa shape index (κ2) is 4.25. The van der Waals surface area contributed by atoms with Crippen LogP contribution in [0.1, 0.15) is 17.7 Å². The Morgan fingerprint density at radius 2 is 2.38 bits per heavy atom. The second-order valence-corrected chi connectivity index (χ2v) is 4.46. The highest BCUT2D eigenvalue weighted by molar-refractivity contribution is 5.78. The number of carbonyl (C=O) groups is 1. The molecule has 1 aromatic heterocycles. The monoisotopic (exact) mass is 222 g/mol. The van der Waals surface area contributed by atoms with Crippen molar-refractivity contribution in [2.75, 3.05) is 13.1 Å². The van der Waals surface area contributed by atoms with Crippen molar-refractivity contribution in [2.24, 2.45) is 18.7 Å². The van der Waals surface area contributed by atoms with Gasteiger partial charge in [0.25, 0.3) is 0 Å². The van der Waals surface area contributed by atoms with Gasteiger partial charge >= 0.3 is 0 Å². The largest absolute Gasteiger partial charge is 0.338 e. The van der Waals surface area contributed by atoms with Crippen molar-refractivity contribution in [1.29, 1.82) is 0 Å². The molecule has 0 saturated carbocycles. The van der Waals surface area contributed by atoms with Crippen LogP contribution in [0, 0.1) is 12.8 Å². The van der Waals surface area contributed by atoms with E-state index in [0.29, 0.717) is 25.4 Å².